The zero-order valence-electron chi connectivity index (χ0n) is 14.3. The quantitative estimate of drug-likeness (QED) is 0.621. The van der Waals surface area contributed by atoms with Crippen molar-refractivity contribution in [1.82, 2.24) is 9.55 Å². The Hall–Kier alpha value is -2.88. The molecule has 2 aromatic carbocycles. The third-order valence-electron chi connectivity index (χ3n) is 3.97. The summed E-state index contributed by atoms with van der Waals surface area (Å²) in [6, 6.07) is 9.44. The first-order valence-electron chi connectivity index (χ1n) is 8.05. The number of halogens is 4. The maximum atomic E-state index is 13.4. The van der Waals surface area contributed by atoms with Gasteiger partial charge in [0.1, 0.15) is 10.7 Å². The molecule has 0 saturated carbocycles. The molecular formula is C18H15F4N3O2S. The first-order valence-corrected chi connectivity index (χ1v) is 9.53. The summed E-state index contributed by atoms with van der Waals surface area (Å²) in [5.74, 6) is -1.07. The maximum Gasteiger partial charge on any atom is 0.501 e. The molecule has 0 spiro atoms. The molecule has 1 aromatic heterocycles. The van der Waals surface area contributed by atoms with Crippen molar-refractivity contribution < 1.29 is 26.0 Å². The number of nitrogens with zero attached hydrogens (tertiary/aromatic N) is 2. The fourth-order valence-electron chi connectivity index (χ4n) is 2.54. The van der Waals surface area contributed by atoms with Gasteiger partial charge in [-0.3, -0.25) is 0 Å². The van der Waals surface area contributed by atoms with E-state index in [1.165, 1.54) is 0 Å². The Morgan fingerprint density at radius 1 is 1.04 bits per heavy atom. The van der Waals surface area contributed by atoms with Crippen molar-refractivity contribution in [3.05, 3.63) is 78.1 Å². The third-order valence-corrected chi connectivity index (χ3v) is 5.49. The average molecular weight is 413 g/mol. The molecule has 0 amide bonds. The lowest BCUT2D eigenvalue weighted by atomic mass is 10.1. The highest BCUT2D eigenvalue weighted by Gasteiger charge is 2.48. The summed E-state index contributed by atoms with van der Waals surface area (Å²) in [7, 11) is -5.68. The molecular weight excluding hydrogens is 398 g/mol. The van der Waals surface area contributed by atoms with Gasteiger partial charge in [-0.1, -0.05) is 24.3 Å². The number of rotatable bonds is 6. The van der Waals surface area contributed by atoms with Gasteiger partial charge in [-0.2, -0.15) is 13.2 Å². The van der Waals surface area contributed by atoms with Gasteiger partial charge in [-0.15, -0.1) is 0 Å². The third kappa shape index (κ3) is 4.33. The number of aromatic nitrogens is 2. The molecule has 0 atom stereocenters. The number of alkyl halides is 3. The number of anilines is 1. The Kier molecular flexibility index (Phi) is 5.41. The topological polar surface area (TPSA) is 64.0 Å². The first kappa shape index (κ1) is 19.9. The molecule has 0 unspecified atom stereocenters. The van der Waals surface area contributed by atoms with Crippen LogP contribution >= 0.6 is 0 Å². The maximum absolute atomic E-state index is 13.4. The molecule has 0 fully saturated rings. The van der Waals surface area contributed by atoms with Gasteiger partial charge in [-0.05, 0) is 29.3 Å². The highest BCUT2D eigenvalue weighted by Crippen LogP contribution is 2.35. The van der Waals surface area contributed by atoms with Crippen LogP contribution in [0.3, 0.4) is 0 Å². The van der Waals surface area contributed by atoms with E-state index in [1.807, 2.05) is 22.9 Å². The fourth-order valence-corrected chi connectivity index (χ4v) is 3.49. The van der Waals surface area contributed by atoms with Crippen molar-refractivity contribution in [3.8, 4) is 0 Å². The normalized spacial score (nSPS) is 12.1. The molecule has 0 aliphatic carbocycles. The minimum atomic E-state index is -5.68. The van der Waals surface area contributed by atoms with Crippen LogP contribution < -0.4 is 5.32 Å². The number of imidazole rings is 1. The van der Waals surface area contributed by atoms with Crippen molar-refractivity contribution >= 4 is 15.5 Å². The Morgan fingerprint density at radius 2 is 1.71 bits per heavy atom. The lowest BCUT2D eigenvalue weighted by Gasteiger charge is -2.14. The van der Waals surface area contributed by atoms with Gasteiger partial charge in [0.25, 0.3) is 9.84 Å². The zero-order chi connectivity index (χ0) is 20.4. The van der Waals surface area contributed by atoms with Crippen LogP contribution in [0.15, 0.2) is 66.1 Å². The second-order valence-corrected chi connectivity index (χ2v) is 7.90. The molecule has 0 saturated heterocycles. The minimum absolute atomic E-state index is 0.0668. The molecule has 10 heteroatoms. The summed E-state index contributed by atoms with van der Waals surface area (Å²) < 4.78 is 77.2. The van der Waals surface area contributed by atoms with Gasteiger partial charge in [0.2, 0.25) is 0 Å². The van der Waals surface area contributed by atoms with Gasteiger partial charge < -0.3 is 9.88 Å². The van der Waals surface area contributed by atoms with Crippen LogP contribution in [0.25, 0.3) is 0 Å². The van der Waals surface area contributed by atoms with Crippen LogP contribution in [0.2, 0.25) is 0 Å². The Morgan fingerprint density at radius 3 is 2.32 bits per heavy atom. The summed E-state index contributed by atoms with van der Waals surface area (Å²) in [4.78, 5) is 2.81. The molecule has 0 aliphatic heterocycles. The second-order valence-electron chi connectivity index (χ2n) is 5.99. The predicted molar refractivity (Wildman–Crippen MR) is 94.7 cm³/mol. The van der Waals surface area contributed by atoms with Crippen LogP contribution in [-0.4, -0.2) is 23.5 Å². The SMILES string of the molecule is O=S(=O)(c1cc(F)ccc1NCc1ccc(Cn2ccnc2)cc1)C(F)(F)F. The molecule has 0 bridgehead atoms. The number of hydrogen-bond acceptors (Lipinski definition) is 4. The van der Waals surface area contributed by atoms with E-state index in [4.69, 9.17) is 0 Å². The van der Waals surface area contributed by atoms with Crippen molar-refractivity contribution in [2.75, 3.05) is 5.32 Å². The molecule has 28 heavy (non-hydrogen) atoms. The number of hydrogen-bond donors (Lipinski definition) is 1. The summed E-state index contributed by atoms with van der Waals surface area (Å²) in [5.41, 5.74) is -4.13. The molecule has 0 radical (unpaired) electrons. The monoisotopic (exact) mass is 413 g/mol. The number of benzene rings is 2. The summed E-state index contributed by atoms with van der Waals surface area (Å²) >= 11 is 0. The largest absolute Gasteiger partial charge is 0.501 e. The molecule has 5 nitrogen and oxygen atoms in total. The van der Waals surface area contributed by atoms with Crippen LogP contribution in [0, 0.1) is 5.82 Å². The highest BCUT2D eigenvalue weighted by molar-refractivity contribution is 7.92. The van der Waals surface area contributed by atoms with Gasteiger partial charge >= 0.3 is 5.51 Å². The highest BCUT2D eigenvalue weighted by atomic mass is 32.2. The first-order chi connectivity index (χ1) is 13.2. The van der Waals surface area contributed by atoms with Gasteiger partial charge in [0.15, 0.2) is 0 Å². The van der Waals surface area contributed by atoms with E-state index in [0.29, 0.717) is 18.2 Å². The lowest BCUT2D eigenvalue weighted by Crippen LogP contribution is -2.24. The molecule has 3 rings (SSSR count). The van der Waals surface area contributed by atoms with Gasteiger partial charge in [0, 0.05) is 25.5 Å². The van der Waals surface area contributed by atoms with E-state index in [2.05, 4.69) is 10.3 Å². The van der Waals surface area contributed by atoms with Crippen LogP contribution in [-0.2, 0) is 22.9 Å². The standard InChI is InChI=1S/C18H15F4N3O2S/c19-15-5-6-16(17(9-15)28(26,27)18(20,21)22)24-10-13-1-3-14(4-2-13)11-25-8-7-23-12-25/h1-9,12,24H,10-11H2. The fraction of sp³-hybridized carbons (Fsp3) is 0.167. The predicted octanol–water partition coefficient (Wildman–Crippen LogP) is 3.98. The molecule has 0 aliphatic rings. The Labute approximate surface area is 158 Å². The van der Waals surface area contributed by atoms with Crippen molar-refractivity contribution in [1.29, 1.82) is 0 Å². The Balaban J connectivity index is 1.76. The number of nitrogens with one attached hydrogen (secondary N) is 1. The molecule has 3 aromatic rings. The van der Waals surface area contributed by atoms with Crippen LogP contribution in [0.4, 0.5) is 23.2 Å². The van der Waals surface area contributed by atoms with Crippen LogP contribution in [0.1, 0.15) is 11.1 Å². The lowest BCUT2D eigenvalue weighted by molar-refractivity contribution is -0.0435. The average Bonchev–Trinajstić information content (AvgIpc) is 3.14. The van der Waals surface area contributed by atoms with E-state index >= 15 is 0 Å². The van der Waals surface area contributed by atoms with Crippen molar-refractivity contribution in [2.24, 2.45) is 0 Å². The summed E-state index contributed by atoms with van der Waals surface area (Å²) in [6.45, 7) is 0.678. The van der Waals surface area contributed by atoms with E-state index < -0.39 is 26.1 Å². The van der Waals surface area contributed by atoms with Gasteiger partial charge in [0.05, 0.1) is 12.0 Å². The van der Waals surface area contributed by atoms with Crippen molar-refractivity contribution in [2.45, 2.75) is 23.5 Å². The molecule has 1 N–H and O–H groups in total. The smallest absolute Gasteiger partial charge is 0.380 e. The van der Waals surface area contributed by atoms with E-state index in [-0.39, 0.29) is 12.2 Å². The van der Waals surface area contributed by atoms with E-state index in [9.17, 15) is 26.0 Å². The molecule has 148 valence electrons. The van der Waals surface area contributed by atoms with E-state index in [0.717, 1.165) is 17.7 Å². The molecule has 1 heterocycles. The summed E-state index contributed by atoms with van der Waals surface area (Å²) in [6.07, 6.45) is 5.15. The Bertz CT molecular complexity index is 1050. The summed E-state index contributed by atoms with van der Waals surface area (Å²) in [5, 5.41) is 2.64. The zero-order valence-corrected chi connectivity index (χ0v) is 15.1. The second kappa shape index (κ2) is 7.63. The number of sulfone groups is 1. The van der Waals surface area contributed by atoms with Crippen molar-refractivity contribution in [3.63, 3.8) is 0 Å². The van der Waals surface area contributed by atoms with Crippen LogP contribution in [0.5, 0.6) is 0 Å². The minimum Gasteiger partial charge on any atom is -0.380 e. The van der Waals surface area contributed by atoms with E-state index in [1.54, 1.807) is 24.7 Å². The van der Waals surface area contributed by atoms with Gasteiger partial charge in [-0.25, -0.2) is 17.8 Å².